The molecule has 2 aliphatic heterocycles. The van der Waals surface area contributed by atoms with E-state index in [9.17, 15) is 30.4 Å². The van der Waals surface area contributed by atoms with Crippen LogP contribution in [-0.2, 0) is 9.84 Å². The van der Waals surface area contributed by atoms with Gasteiger partial charge in [0.1, 0.15) is 0 Å². The third kappa shape index (κ3) is 4.12. The first-order valence-electron chi connectivity index (χ1n) is 7.82. The Balaban J connectivity index is 1.76. The van der Waals surface area contributed by atoms with Gasteiger partial charge >= 0.3 is 6.18 Å². The number of benzene rings is 1. The Labute approximate surface area is 141 Å². The lowest BCUT2D eigenvalue weighted by molar-refractivity contribution is -0.143. The van der Waals surface area contributed by atoms with Crippen LogP contribution in [0.3, 0.4) is 0 Å². The van der Waals surface area contributed by atoms with Gasteiger partial charge in [-0.2, -0.15) is 13.2 Å². The van der Waals surface area contributed by atoms with Crippen LogP contribution < -0.4 is 5.32 Å². The fraction of sp³-hybridized carbons (Fsp3) is 0.600. The number of sulfone groups is 1. The minimum Gasteiger partial charge on any atom is -0.306 e. The molecule has 140 valence electrons. The van der Waals surface area contributed by atoms with Gasteiger partial charge in [-0.3, -0.25) is 4.90 Å². The molecule has 0 aliphatic carbocycles. The van der Waals surface area contributed by atoms with Crippen molar-refractivity contribution < 1.29 is 30.4 Å². The highest BCUT2D eigenvalue weighted by atomic mass is 32.2. The number of likely N-dealkylation sites (tertiary alicyclic amines) is 1. The highest BCUT2D eigenvalue weighted by Gasteiger charge is 2.37. The Bertz CT molecular complexity index is 766. The summed E-state index contributed by atoms with van der Waals surface area (Å²) in [7, 11) is -3.69. The van der Waals surface area contributed by atoms with Gasteiger partial charge in [0.05, 0.1) is 17.2 Å². The van der Waals surface area contributed by atoms with E-state index in [-0.39, 0.29) is 41.8 Å². The summed E-state index contributed by atoms with van der Waals surface area (Å²) < 4.78 is 88.5. The first kappa shape index (κ1) is 18.5. The smallest absolute Gasteiger partial charge is 0.306 e. The number of fused-ring (bicyclic) bond motifs is 1. The molecule has 0 aromatic heterocycles. The maximum atomic E-state index is 13.6. The fourth-order valence-corrected chi connectivity index (χ4v) is 5.06. The Kier molecular flexibility index (Phi) is 4.80. The van der Waals surface area contributed by atoms with E-state index in [2.05, 4.69) is 5.32 Å². The summed E-state index contributed by atoms with van der Waals surface area (Å²) in [5.41, 5.74) is 0.138. The molecule has 1 fully saturated rings. The number of nitrogens with one attached hydrogen (secondary N) is 1. The van der Waals surface area contributed by atoms with Crippen LogP contribution in [0.1, 0.15) is 24.4 Å². The van der Waals surface area contributed by atoms with Crippen molar-refractivity contribution in [1.82, 2.24) is 10.2 Å². The molecular formula is C15H17F5N2O2S. The van der Waals surface area contributed by atoms with E-state index >= 15 is 0 Å². The van der Waals surface area contributed by atoms with Gasteiger partial charge in [-0.15, -0.1) is 0 Å². The van der Waals surface area contributed by atoms with Gasteiger partial charge in [-0.25, -0.2) is 17.2 Å². The molecule has 1 aromatic rings. The second kappa shape index (κ2) is 6.48. The molecule has 1 aromatic carbocycles. The lowest BCUT2D eigenvalue weighted by Gasteiger charge is -2.29. The minimum absolute atomic E-state index is 0.138. The van der Waals surface area contributed by atoms with E-state index in [0.717, 1.165) is 6.07 Å². The van der Waals surface area contributed by atoms with Crippen molar-refractivity contribution in [3.8, 4) is 0 Å². The average Bonchev–Trinajstić information content (AvgIpc) is 2.89. The van der Waals surface area contributed by atoms with Crippen molar-refractivity contribution in [3.63, 3.8) is 0 Å². The van der Waals surface area contributed by atoms with Crippen molar-refractivity contribution >= 4 is 9.84 Å². The highest BCUT2D eigenvalue weighted by molar-refractivity contribution is 7.91. The topological polar surface area (TPSA) is 49.4 Å². The maximum Gasteiger partial charge on any atom is 0.401 e. The lowest BCUT2D eigenvalue weighted by atomic mass is 10.0. The van der Waals surface area contributed by atoms with Crippen LogP contribution in [0, 0.1) is 11.6 Å². The Morgan fingerprint density at radius 3 is 2.52 bits per heavy atom. The molecule has 0 amide bonds. The standard InChI is InChI=1S/C15H17F5N2O2S/c16-11-5-10-13(2-4-25(23,24)14(10)6-12(11)17)21-9-1-3-22(7-9)8-15(18,19)20/h5-6,9,13,21H,1-4,7-8H2/t9-,13+/m0/s1. The number of rotatable bonds is 3. The van der Waals surface area contributed by atoms with Crippen LogP contribution in [0.5, 0.6) is 0 Å². The van der Waals surface area contributed by atoms with Crippen molar-refractivity contribution in [3.05, 3.63) is 29.3 Å². The molecule has 2 aliphatic rings. The van der Waals surface area contributed by atoms with E-state index in [4.69, 9.17) is 0 Å². The predicted molar refractivity (Wildman–Crippen MR) is 79.8 cm³/mol. The van der Waals surface area contributed by atoms with Crippen molar-refractivity contribution in [2.24, 2.45) is 0 Å². The fourth-order valence-electron chi connectivity index (χ4n) is 3.45. The third-order valence-electron chi connectivity index (χ3n) is 4.55. The molecule has 2 atom stereocenters. The van der Waals surface area contributed by atoms with Gasteiger partial charge in [0.25, 0.3) is 0 Å². The maximum absolute atomic E-state index is 13.6. The van der Waals surface area contributed by atoms with Crippen molar-refractivity contribution in [2.45, 2.75) is 36.0 Å². The third-order valence-corrected chi connectivity index (χ3v) is 6.35. The van der Waals surface area contributed by atoms with Gasteiger partial charge in [0.15, 0.2) is 21.5 Å². The molecule has 0 unspecified atom stereocenters. The van der Waals surface area contributed by atoms with Crippen molar-refractivity contribution in [2.75, 3.05) is 25.4 Å². The summed E-state index contributed by atoms with van der Waals surface area (Å²) in [5.74, 6) is -2.60. The van der Waals surface area contributed by atoms with E-state index in [0.29, 0.717) is 12.5 Å². The first-order valence-corrected chi connectivity index (χ1v) is 9.47. The summed E-state index contributed by atoms with van der Waals surface area (Å²) in [6.07, 6.45) is -3.64. The van der Waals surface area contributed by atoms with Crippen LogP contribution in [-0.4, -0.2) is 50.9 Å². The van der Waals surface area contributed by atoms with Gasteiger partial charge in [-0.1, -0.05) is 0 Å². The van der Waals surface area contributed by atoms with E-state index in [1.807, 2.05) is 0 Å². The summed E-state index contributed by atoms with van der Waals surface area (Å²) in [4.78, 5) is 1.02. The normalized spacial score (nSPS) is 26.6. The molecule has 4 nitrogen and oxygen atoms in total. The highest BCUT2D eigenvalue weighted by Crippen LogP contribution is 2.34. The number of halogens is 5. The summed E-state index contributed by atoms with van der Waals surface area (Å²) >= 11 is 0. The van der Waals surface area contributed by atoms with Crippen LogP contribution in [0.4, 0.5) is 22.0 Å². The SMILES string of the molecule is O=S1(=O)CC[C@@H](N[C@H]2CCN(CC(F)(F)F)C2)c2cc(F)c(F)cc21. The molecular weight excluding hydrogens is 367 g/mol. The average molecular weight is 384 g/mol. The second-order valence-corrected chi connectivity index (χ2v) is 8.54. The summed E-state index contributed by atoms with van der Waals surface area (Å²) in [6, 6.07) is 0.735. The molecule has 0 saturated carbocycles. The Morgan fingerprint density at radius 1 is 1.16 bits per heavy atom. The number of hydrogen-bond acceptors (Lipinski definition) is 4. The van der Waals surface area contributed by atoms with Gasteiger partial charge in [0, 0.05) is 25.2 Å². The van der Waals surface area contributed by atoms with Crippen LogP contribution in [0.2, 0.25) is 0 Å². The largest absolute Gasteiger partial charge is 0.401 e. The molecule has 3 rings (SSSR count). The quantitative estimate of drug-likeness (QED) is 0.642. The minimum atomic E-state index is -4.28. The molecule has 0 radical (unpaired) electrons. The first-order chi connectivity index (χ1) is 11.5. The molecule has 10 heteroatoms. The predicted octanol–water partition coefficient (Wildman–Crippen LogP) is 2.41. The lowest BCUT2D eigenvalue weighted by Crippen LogP contribution is -2.40. The molecule has 1 saturated heterocycles. The summed E-state index contributed by atoms with van der Waals surface area (Å²) in [6.45, 7) is -0.560. The Morgan fingerprint density at radius 2 is 1.84 bits per heavy atom. The van der Waals surface area contributed by atoms with Gasteiger partial charge < -0.3 is 5.32 Å². The van der Waals surface area contributed by atoms with E-state index in [1.54, 1.807) is 0 Å². The summed E-state index contributed by atoms with van der Waals surface area (Å²) in [5, 5.41) is 3.11. The zero-order chi connectivity index (χ0) is 18.4. The molecule has 0 spiro atoms. The van der Waals surface area contributed by atoms with E-state index in [1.165, 1.54) is 4.90 Å². The molecule has 1 N–H and O–H groups in total. The van der Waals surface area contributed by atoms with Crippen LogP contribution in [0.25, 0.3) is 0 Å². The second-order valence-electron chi connectivity index (χ2n) is 6.47. The zero-order valence-electron chi connectivity index (χ0n) is 13.1. The van der Waals surface area contributed by atoms with E-state index < -0.39 is 40.2 Å². The number of alkyl halides is 3. The Hall–Kier alpha value is -1.26. The number of nitrogens with zero attached hydrogens (tertiary/aromatic N) is 1. The molecule has 0 bridgehead atoms. The monoisotopic (exact) mass is 384 g/mol. The van der Waals surface area contributed by atoms with Gasteiger partial charge in [-0.05, 0) is 30.5 Å². The van der Waals surface area contributed by atoms with Crippen molar-refractivity contribution in [1.29, 1.82) is 0 Å². The number of hydrogen-bond donors (Lipinski definition) is 1. The molecule has 2 heterocycles. The van der Waals surface area contributed by atoms with Crippen LogP contribution >= 0.6 is 0 Å². The van der Waals surface area contributed by atoms with Gasteiger partial charge in [0.2, 0.25) is 0 Å². The van der Waals surface area contributed by atoms with Crippen LogP contribution in [0.15, 0.2) is 17.0 Å². The zero-order valence-corrected chi connectivity index (χ0v) is 13.9. The molecule has 25 heavy (non-hydrogen) atoms.